The number of nitrogens with zero attached hydrogens (tertiary/aromatic N) is 3. The molecule has 0 spiro atoms. The summed E-state index contributed by atoms with van der Waals surface area (Å²) in [6.45, 7) is 0.579. The zero-order valence-corrected chi connectivity index (χ0v) is 13.5. The molecule has 1 saturated heterocycles. The first kappa shape index (κ1) is 15.0. The van der Waals surface area contributed by atoms with Gasteiger partial charge in [0.1, 0.15) is 0 Å². The van der Waals surface area contributed by atoms with Crippen LogP contribution in [0.5, 0.6) is 0 Å². The van der Waals surface area contributed by atoms with E-state index in [-0.39, 0.29) is 11.9 Å². The van der Waals surface area contributed by atoms with Crippen molar-refractivity contribution in [1.82, 2.24) is 19.7 Å². The van der Waals surface area contributed by atoms with Crippen molar-refractivity contribution in [3.05, 3.63) is 54.0 Å². The molecule has 3 aromatic rings. The number of amides is 1. The van der Waals surface area contributed by atoms with Crippen LogP contribution in [0.25, 0.3) is 10.9 Å². The van der Waals surface area contributed by atoms with Gasteiger partial charge in [0.25, 0.3) is 5.91 Å². The number of aryl methyl sites for hydroxylation is 1. The third kappa shape index (κ3) is 2.59. The monoisotopic (exact) mass is 324 g/mol. The number of hydrogen-bond acceptors (Lipinski definition) is 3. The van der Waals surface area contributed by atoms with Crippen molar-refractivity contribution in [3.63, 3.8) is 0 Å². The number of rotatable bonds is 3. The quantitative estimate of drug-likeness (QED) is 0.770. The number of aromatic amines is 1. The molecule has 1 aromatic carbocycles. The van der Waals surface area contributed by atoms with E-state index in [2.05, 4.69) is 10.1 Å². The van der Waals surface area contributed by atoms with Gasteiger partial charge in [-0.1, -0.05) is 0 Å². The molecule has 6 heteroatoms. The average molecular weight is 324 g/mol. The number of aliphatic hydroxyl groups is 1. The maximum absolute atomic E-state index is 12.9. The van der Waals surface area contributed by atoms with E-state index in [1.165, 1.54) is 0 Å². The summed E-state index contributed by atoms with van der Waals surface area (Å²) in [7, 11) is 1.86. The van der Waals surface area contributed by atoms with Crippen LogP contribution in [0, 0.1) is 0 Å². The van der Waals surface area contributed by atoms with Gasteiger partial charge in [0, 0.05) is 42.5 Å². The maximum Gasteiger partial charge on any atom is 0.254 e. The molecule has 24 heavy (non-hydrogen) atoms. The molecular weight excluding hydrogens is 304 g/mol. The highest BCUT2D eigenvalue weighted by Crippen LogP contribution is 2.25. The largest absolute Gasteiger partial charge is 0.391 e. The molecule has 2 N–H and O–H groups in total. The Morgan fingerprint density at radius 2 is 2.29 bits per heavy atom. The van der Waals surface area contributed by atoms with Gasteiger partial charge in [-0.25, -0.2) is 0 Å². The van der Waals surface area contributed by atoms with E-state index in [0.29, 0.717) is 24.9 Å². The number of H-pyrrole nitrogens is 1. The second-order valence-electron chi connectivity index (χ2n) is 6.43. The lowest BCUT2D eigenvalue weighted by molar-refractivity contribution is 0.0640. The fourth-order valence-electron chi connectivity index (χ4n) is 3.51. The maximum atomic E-state index is 12.9. The van der Waals surface area contributed by atoms with Crippen LogP contribution >= 0.6 is 0 Å². The van der Waals surface area contributed by atoms with Crippen molar-refractivity contribution >= 4 is 16.8 Å². The molecule has 124 valence electrons. The number of aromatic nitrogens is 3. The summed E-state index contributed by atoms with van der Waals surface area (Å²) in [6, 6.07) is 7.42. The number of aliphatic hydroxyl groups excluding tert-OH is 1. The van der Waals surface area contributed by atoms with E-state index in [0.717, 1.165) is 16.5 Å². The molecule has 0 aliphatic carbocycles. The summed E-state index contributed by atoms with van der Waals surface area (Å²) < 4.78 is 1.74. The van der Waals surface area contributed by atoms with E-state index in [1.807, 2.05) is 43.7 Å². The van der Waals surface area contributed by atoms with Crippen LogP contribution in [0.4, 0.5) is 0 Å². The minimum atomic E-state index is -0.495. The molecule has 2 atom stereocenters. The molecule has 1 aliphatic rings. The van der Waals surface area contributed by atoms with Gasteiger partial charge in [-0.2, -0.15) is 5.10 Å². The van der Waals surface area contributed by atoms with Crippen molar-refractivity contribution in [1.29, 1.82) is 0 Å². The Bertz CT molecular complexity index is 882. The van der Waals surface area contributed by atoms with Gasteiger partial charge in [0.05, 0.1) is 18.3 Å². The molecule has 2 aromatic heterocycles. The zero-order valence-electron chi connectivity index (χ0n) is 13.5. The molecule has 0 saturated carbocycles. The van der Waals surface area contributed by atoms with Gasteiger partial charge in [0.15, 0.2) is 0 Å². The highest BCUT2D eigenvalue weighted by Gasteiger charge is 2.36. The van der Waals surface area contributed by atoms with Crippen LogP contribution < -0.4 is 0 Å². The third-order valence-corrected chi connectivity index (χ3v) is 4.77. The number of likely N-dealkylation sites (tertiary alicyclic amines) is 1. The van der Waals surface area contributed by atoms with Crippen molar-refractivity contribution in [2.45, 2.75) is 25.0 Å². The van der Waals surface area contributed by atoms with Gasteiger partial charge < -0.3 is 15.0 Å². The Morgan fingerprint density at radius 3 is 3.08 bits per heavy atom. The Labute approximate surface area is 139 Å². The van der Waals surface area contributed by atoms with Gasteiger partial charge in [0.2, 0.25) is 0 Å². The highest BCUT2D eigenvalue weighted by molar-refractivity contribution is 5.98. The summed E-state index contributed by atoms with van der Waals surface area (Å²) in [4.78, 5) is 17.9. The van der Waals surface area contributed by atoms with E-state index in [9.17, 15) is 9.90 Å². The third-order valence-electron chi connectivity index (χ3n) is 4.77. The van der Waals surface area contributed by atoms with Crippen LogP contribution in [0.2, 0.25) is 0 Å². The topological polar surface area (TPSA) is 74.2 Å². The van der Waals surface area contributed by atoms with Gasteiger partial charge in [-0.15, -0.1) is 0 Å². The van der Waals surface area contributed by atoms with Crippen LogP contribution in [0.3, 0.4) is 0 Å². The number of carbonyl (C=O) groups is 1. The molecule has 4 rings (SSSR count). The fraction of sp³-hybridized carbons (Fsp3) is 0.333. The number of hydrogen-bond donors (Lipinski definition) is 2. The minimum Gasteiger partial charge on any atom is -0.391 e. The van der Waals surface area contributed by atoms with Gasteiger partial charge >= 0.3 is 0 Å². The smallest absolute Gasteiger partial charge is 0.254 e. The molecule has 6 nitrogen and oxygen atoms in total. The van der Waals surface area contributed by atoms with Crippen molar-refractivity contribution in [2.24, 2.45) is 7.05 Å². The van der Waals surface area contributed by atoms with Crippen LogP contribution in [-0.4, -0.2) is 49.4 Å². The lowest BCUT2D eigenvalue weighted by Crippen LogP contribution is -2.41. The summed E-state index contributed by atoms with van der Waals surface area (Å²) in [6.07, 6.45) is 6.32. The average Bonchev–Trinajstić information content (AvgIpc) is 3.28. The number of nitrogens with one attached hydrogen (secondary N) is 1. The molecule has 0 radical (unpaired) electrons. The molecule has 1 fully saturated rings. The Balaban J connectivity index is 1.59. The van der Waals surface area contributed by atoms with Gasteiger partial charge in [-0.3, -0.25) is 9.48 Å². The zero-order chi connectivity index (χ0) is 16.7. The fourth-order valence-corrected chi connectivity index (χ4v) is 3.51. The van der Waals surface area contributed by atoms with E-state index < -0.39 is 6.10 Å². The van der Waals surface area contributed by atoms with E-state index >= 15 is 0 Å². The minimum absolute atomic E-state index is 0.0245. The van der Waals surface area contributed by atoms with Crippen molar-refractivity contribution < 1.29 is 9.90 Å². The first-order chi connectivity index (χ1) is 11.6. The molecule has 1 amide bonds. The Hall–Kier alpha value is -2.60. The summed E-state index contributed by atoms with van der Waals surface area (Å²) in [5.74, 6) is -0.0245. The van der Waals surface area contributed by atoms with Crippen molar-refractivity contribution in [2.75, 3.05) is 6.54 Å². The first-order valence-electron chi connectivity index (χ1n) is 8.15. The Morgan fingerprint density at radius 1 is 1.42 bits per heavy atom. The number of fused-ring (bicyclic) bond motifs is 1. The standard InChI is InChI=1S/C18H20N4O2/c1-21-11-12(10-20-21)8-16-17(23)5-7-22(16)18(24)14-2-3-15-13(9-14)4-6-19-15/h2-4,6,9-11,16-17,19,23H,5,7-8H2,1H3/t16-,17-/m0/s1. The Kier molecular flexibility index (Phi) is 3.61. The van der Waals surface area contributed by atoms with E-state index in [4.69, 9.17) is 0 Å². The molecule has 3 heterocycles. The van der Waals surface area contributed by atoms with Crippen LogP contribution in [0.1, 0.15) is 22.3 Å². The normalized spacial score (nSPS) is 20.8. The second-order valence-corrected chi connectivity index (χ2v) is 6.43. The molecule has 0 unspecified atom stereocenters. The lowest BCUT2D eigenvalue weighted by atomic mass is 10.0. The second kappa shape index (κ2) is 5.79. The molecular formula is C18H20N4O2. The molecule has 0 bridgehead atoms. The van der Waals surface area contributed by atoms with E-state index in [1.54, 1.807) is 15.8 Å². The summed E-state index contributed by atoms with van der Waals surface area (Å²) in [5, 5.41) is 15.5. The van der Waals surface area contributed by atoms with Crippen LogP contribution in [-0.2, 0) is 13.5 Å². The van der Waals surface area contributed by atoms with Crippen LogP contribution in [0.15, 0.2) is 42.9 Å². The van der Waals surface area contributed by atoms with Crippen molar-refractivity contribution in [3.8, 4) is 0 Å². The summed E-state index contributed by atoms with van der Waals surface area (Å²) in [5.41, 5.74) is 2.70. The number of benzene rings is 1. The SMILES string of the molecule is Cn1cc(C[C@H]2[C@@H](O)CCN2C(=O)c2ccc3[nH]ccc3c2)cn1. The lowest BCUT2D eigenvalue weighted by Gasteiger charge is -2.26. The molecule has 1 aliphatic heterocycles. The predicted molar refractivity (Wildman–Crippen MR) is 90.7 cm³/mol. The first-order valence-corrected chi connectivity index (χ1v) is 8.15. The van der Waals surface area contributed by atoms with Gasteiger partial charge in [-0.05, 0) is 42.7 Å². The predicted octanol–water partition coefficient (Wildman–Crippen LogP) is 1.72. The summed E-state index contributed by atoms with van der Waals surface area (Å²) >= 11 is 0. The number of carbonyl (C=O) groups excluding carboxylic acids is 1. The highest BCUT2D eigenvalue weighted by atomic mass is 16.3.